The van der Waals surface area contributed by atoms with Crippen molar-refractivity contribution in [3.05, 3.63) is 105 Å². The Balaban J connectivity index is 1.72. The summed E-state index contributed by atoms with van der Waals surface area (Å²) in [5, 5.41) is 17.3. The third-order valence-electron chi connectivity index (χ3n) is 5.82. The first-order valence-corrected chi connectivity index (χ1v) is 13.3. The Labute approximate surface area is 241 Å². The van der Waals surface area contributed by atoms with Gasteiger partial charge in [-0.3, -0.25) is 14.9 Å². The van der Waals surface area contributed by atoms with Crippen LogP contribution in [0.15, 0.2) is 62.9 Å². The average Bonchev–Trinajstić information content (AvgIpc) is 2.88. The highest BCUT2D eigenvalue weighted by molar-refractivity contribution is 9.10. The molecule has 196 valence electrons. The lowest BCUT2D eigenvalue weighted by Crippen LogP contribution is -2.23. The first kappa shape index (κ1) is 28.0. The molecule has 1 aromatic heterocycles. The molecule has 12 heteroatoms. The zero-order valence-electron chi connectivity index (χ0n) is 20.1. The Kier molecular flexibility index (Phi) is 8.72. The largest absolute Gasteiger partial charge is 0.481 e. The summed E-state index contributed by atoms with van der Waals surface area (Å²) in [6.07, 6.45) is 2.06. The molecule has 0 aliphatic rings. The molecular weight excluding hydrogens is 619 g/mol. The predicted molar refractivity (Wildman–Crippen MR) is 154 cm³/mol. The summed E-state index contributed by atoms with van der Waals surface area (Å²) < 4.78 is 7.63. The van der Waals surface area contributed by atoms with Crippen LogP contribution in [0.4, 0.5) is 5.69 Å². The van der Waals surface area contributed by atoms with E-state index in [4.69, 9.17) is 39.5 Å². The van der Waals surface area contributed by atoms with Gasteiger partial charge < -0.3 is 4.74 Å². The van der Waals surface area contributed by atoms with E-state index in [1.54, 1.807) is 30.3 Å². The predicted octanol–water partition coefficient (Wildman–Crippen LogP) is 8.00. The molecule has 0 spiro atoms. The van der Waals surface area contributed by atoms with Gasteiger partial charge >= 0.3 is 5.69 Å². The number of halogens is 4. The Hall–Kier alpha value is -2.98. The van der Waals surface area contributed by atoms with Crippen LogP contribution in [0.5, 0.6) is 5.75 Å². The van der Waals surface area contributed by atoms with E-state index < -0.39 is 4.92 Å². The summed E-state index contributed by atoms with van der Waals surface area (Å²) in [5.41, 5.74) is 0.809. The lowest BCUT2D eigenvalue weighted by Gasteiger charge is -2.14. The van der Waals surface area contributed by atoms with E-state index in [2.05, 4.69) is 26.0 Å². The van der Waals surface area contributed by atoms with Crippen LogP contribution in [0.3, 0.4) is 0 Å². The normalized spacial score (nSPS) is 12.3. The first-order valence-electron chi connectivity index (χ1n) is 11.4. The second-order valence-corrected chi connectivity index (χ2v) is 10.6. The quantitative estimate of drug-likeness (QED) is 0.111. The fraction of sp³-hybridized carbons (Fsp3) is 0.192. The minimum atomic E-state index is -0.598. The van der Waals surface area contributed by atoms with E-state index >= 15 is 0 Å². The van der Waals surface area contributed by atoms with Crippen LogP contribution in [0.25, 0.3) is 10.9 Å². The maximum atomic E-state index is 13.3. The van der Waals surface area contributed by atoms with Gasteiger partial charge in [0, 0.05) is 22.0 Å². The van der Waals surface area contributed by atoms with Crippen LogP contribution in [-0.2, 0) is 6.61 Å². The summed E-state index contributed by atoms with van der Waals surface area (Å²) >= 11 is 21.7. The van der Waals surface area contributed by atoms with Crippen molar-refractivity contribution in [2.45, 2.75) is 32.8 Å². The van der Waals surface area contributed by atoms with Gasteiger partial charge in [0.15, 0.2) is 0 Å². The number of benzene rings is 3. The lowest BCUT2D eigenvalue weighted by atomic mass is 10.1. The smallest absolute Gasteiger partial charge is 0.313 e. The number of nitro groups is 1. The van der Waals surface area contributed by atoms with E-state index in [1.165, 1.54) is 23.0 Å². The molecule has 0 radical (unpaired) electrons. The molecule has 38 heavy (non-hydrogen) atoms. The van der Waals surface area contributed by atoms with Gasteiger partial charge in [-0.2, -0.15) is 9.78 Å². The van der Waals surface area contributed by atoms with Gasteiger partial charge in [-0.25, -0.2) is 4.98 Å². The number of nitro benzene ring substituents is 1. The molecule has 4 rings (SSSR count). The monoisotopic (exact) mass is 636 g/mol. The summed E-state index contributed by atoms with van der Waals surface area (Å²) in [4.78, 5) is 29.2. The van der Waals surface area contributed by atoms with E-state index in [0.717, 1.165) is 10.9 Å². The zero-order valence-corrected chi connectivity index (χ0v) is 24.0. The maximum absolute atomic E-state index is 13.3. The second-order valence-electron chi connectivity index (χ2n) is 8.45. The molecule has 1 atom stereocenters. The number of nitrogens with zero attached hydrogens (tertiary/aromatic N) is 4. The van der Waals surface area contributed by atoms with Crippen LogP contribution < -0.4 is 10.3 Å². The van der Waals surface area contributed by atoms with Crippen LogP contribution in [0, 0.1) is 10.1 Å². The molecular formula is C26H20BrCl3N4O4. The summed E-state index contributed by atoms with van der Waals surface area (Å²) in [5.74, 6) is 0.309. The fourth-order valence-corrected chi connectivity index (χ4v) is 4.60. The van der Waals surface area contributed by atoms with E-state index in [1.807, 2.05) is 19.9 Å². The van der Waals surface area contributed by atoms with Crippen molar-refractivity contribution in [2.24, 2.45) is 5.10 Å². The van der Waals surface area contributed by atoms with Crippen molar-refractivity contribution in [3.63, 3.8) is 0 Å². The van der Waals surface area contributed by atoms with E-state index in [9.17, 15) is 14.9 Å². The first-order chi connectivity index (χ1) is 18.1. The number of fused-ring (bicyclic) bond motifs is 1. The Morgan fingerprint density at radius 3 is 2.58 bits per heavy atom. The zero-order chi connectivity index (χ0) is 27.6. The molecule has 0 saturated carbocycles. The molecule has 4 aromatic rings. The Morgan fingerprint density at radius 1 is 1.13 bits per heavy atom. The van der Waals surface area contributed by atoms with Crippen LogP contribution >= 0.6 is 50.7 Å². The molecule has 0 bridgehead atoms. The molecule has 0 amide bonds. The van der Waals surface area contributed by atoms with E-state index in [0.29, 0.717) is 37.9 Å². The summed E-state index contributed by atoms with van der Waals surface area (Å²) in [6.45, 7) is 3.91. The van der Waals surface area contributed by atoms with Gasteiger partial charge in [-0.1, -0.05) is 70.6 Å². The minimum Gasteiger partial charge on any atom is -0.481 e. The molecule has 8 nitrogen and oxygen atoms in total. The molecule has 0 fully saturated rings. The number of hydrogen-bond acceptors (Lipinski definition) is 6. The van der Waals surface area contributed by atoms with Crippen molar-refractivity contribution < 1.29 is 9.66 Å². The highest BCUT2D eigenvalue weighted by Gasteiger charge is 2.21. The molecule has 0 N–H and O–H groups in total. The van der Waals surface area contributed by atoms with Gasteiger partial charge in [-0.05, 0) is 48.4 Å². The number of ether oxygens (including phenoxy) is 1. The average molecular weight is 639 g/mol. The second kappa shape index (κ2) is 11.8. The van der Waals surface area contributed by atoms with Gasteiger partial charge in [0.1, 0.15) is 12.4 Å². The van der Waals surface area contributed by atoms with Gasteiger partial charge in [0.25, 0.3) is 5.56 Å². The molecule has 0 saturated heterocycles. The third-order valence-corrected chi connectivity index (χ3v) is 7.33. The van der Waals surface area contributed by atoms with Gasteiger partial charge in [0.05, 0.1) is 37.1 Å². The maximum Gasteiger partial charge on any atom is 0.313 e. The third kappa shape index (κ3) is 6.02. The number of rotatable bonds is 8. The SMILES string of the molecule is CC[C@@H](C)c1nc2ccc(Br)cc2c(=O)n1N=Cc1cc(Cl)c(OCc2ccc(Cl)c(Cl)c2)c([N+](=O)[O-])c1. The van der Waals surface area contributed by atoms with E-state index in [-0.39, 0.29) is 34.5 Å². The van der Waals surface area contributed by atoms with Crippen molar-refractivity contribution in [3.8, 4) is 5.75 Å². The standard InChI is InChI=1S/C26H20BrCl3N4O4/c1-3-14(2)25-32-22-7-5-17(27)11-18(22)26(35)33(25)31-12-16-9-21(30)24(23(10-16)34(36)37)38-13-15-4-6-19(28)20(29)8-15/h4-12,14H,3,13H2,1-2H3/t14-/m1/s1. The van der Waals surface area contributed by atoms with Crippen molar-refractivity contribution in [1.29, 1.82) is 0 Å². The molecule has 1 heterocycles. The van der Waals surface area contributed by atoms with Crippen LogP contribution in [-0.4, -0.2) is 20.8 Å². The van der Waals surface area contributed by atoms with Crippen molar-refractivity contribution in [2.75, 3.05) is 0 Å². The Bertz CT molecular complexity index is 1640. The summed E-state index contributed by atoms with van der Waals surface area (Å²) in [6, 6.07) is 12.9. The highest BCUT2D eigenvalue weighted by Crippen LogP contribution is 2.37. The molecule has 0 unspecified atom stereocenters. The number of hydrogen-bond donors (Lipinski definition) is 0. The molecule has 0 aliphatic heterocycles. The minimum absolute atomic E-state index is 0.00998. The van der Waals surface area contributed by atoms with Crippen molar-refractivity contribution in [1.82, 2.24) is 9.66 Å². The van der Waals surface area contributed by atoms with Gasteiger partial charge in [-0.15, -0.1) is 0 Å². The molecule has 3 aromatic carbocycles. The van der Waals surface area contributed by atoms with Crippen LogP contribution in [0.1, 0.15) is 43.1 Å². The topological polar surface area (TPSA) is 99.6 Å². The lowest BCUT2D eigenvalue weighted by molar-refractivity contribution is -0.385. The summed E-state index contributed by atoms with van der Waals surface area (Å²) in [7, 11) is 0. The van der Waals surface area contributed by atoms with Crippen molar-refractivity contribution >= 4 is 73.5 Å². The van der Waals surface area contributed by atoms with Crippen LogP contribution in [0.2, 0.25) is 15.1 Å². The Morgan fingerprint density at radius 2 is 1.89 bits per heavy atom. The van der Waals surface area contributed by atoms with Gasteiger partial charge in [0.2, 0.25) is 5.75 Å². The molecule has 0 aliphatic carbocycles. The fourth-order valence-electron chi connectivity index (χ4n) is 3.64. The highest BCUT2D eigenvalue weighted by atomic mass is 79.9. The number of aromatic nitrogens is 2.